The second-order valence-electron chi connectivity index (χ2n) is 6.49. The molecule has 0 bridgehead atoms. The normalized spacial score (nSPS) is 23.4. The van der Waals surface area contributed by atoms with E-state index in [4.69, 9.17) is 4.52 Å². The highest BCUT2D eigenvalue weighted by Gasteiger charge is 2.33. The van der Waals surface area contributed by atoms with Crippen molar-refractivity contribution in [2.75, 3.05) is 0 Å². The lowest BCUT2D eigenvalue weighted by Crippen LogP contribution is -2.24. The summed E-state index contributed by atoms with van der Waals surface area (Å²) in [4.78, 5) is 0. The molecular weight excluding hydrogens is 251 g/mol. The molecule has 0 unspecified atom stereocenters. The molecule has 2 aliphatic rings. The van der Waals surface area contributed by atoms with E-state index in [-0.39, 0.29) is 8.15 Å². The summed E-state index contributed by atoms with van der Waals surface area (Å²) in [5, 5.41) is 0. The third kappa shape index (κ3) is 4.71. The Kier molecular flexibility index (Phi) is 7.16. The fourth-order valence-corrected chi connectivity index (χ4v) is 7.08. The van der Waals surface area contributed by atoms with Crippen molar-refractivity contribution in [3.63, 3.8) is 0 Å². The lowest BCUT2D eigenvalue weighted by Gasteiger charge is -2.39. The average molecular weight is 284 g/mol. The first kappa shape index (κ1) is 15.8. The standard InChI is InChI=1S/C17H33OP/c1-3-15(4-2)18-19(16-11-7-5-8-12-16)17-13-9-6-10-14-17/h15-17H,3-14H2,1-2H3. The van der Waals surface area contributed by atoms with Crippen LogP contribution < -0.4 is 0 Å². The highest BCUT2D eigenvalue weighted by Crippen LogP contribution is 2.57. The van der Waals surface area contributed by atoms with Crippen LogP contribution in [0.1, 0.15) is 90.9 Å². The predicted molar refractivity (Wildman–Crippen MR) is 86.1 cm³/mol. The van der Waals surface area contributed by atoms with Gasteiger partial charge in [0.2, 0.25) is 0 Å². The van der Waals surface area contributed by atoms with Crippen molar-refractivity contribution in [1.29, 1.82) is 0 Å². The Bertz CT molecular complexity index is 209. The Morgan fingerprint density at radius 3 is 1.58 bits per heavy atom. The molecule has 2 heteroatoms. The monoisotopic (exact) mass is 284 g/mol. The van der Waals surface area contributed by atoms with E-state index in [1.54, 1.807) is 0 Å². The van der Waals surface area contributed by atoms with Crippen LogP contribution in [-0.4, -0.2) is 17.4 Å². The Hall–Kier alpha value is 0.390. The van der Waals surface area contributed by atoms with E-state index < -0.39 is 0 Å². The maximum Gasteiger partial charge on any atom is 0.0612 e. The van der Waals surface area contributed by atoms with Crippen LogP contribution in [-0.2, 0) is 4.52 Å². The molecule has 0 saturated heterocycles. The van der Waals surface area contributed by atoms with Gasteiger partial charge in [-0.25, -0.2) is 0 Å². The molecule has 0 atom stereocenters. The molecule has 0 heterocycles. The summed E-state index contributed by atoms with van der Waals surface area (Å²) in [6.45, 7) is 4.59. The van der Waals surface area contributed by atoms with Crippen LogP contribution in [0.5, 0.6) is 0 Å². The summed E-state index contributed by atoms with van der Waals surface area (Å²) < 4.78 is 6.69. The zero-order valence-corrected chi connectivity index (χ0v) is 14.0. The third-order valence-corrected chi connectivity index (χ3v) is 8.06. The van der Waals surface area contributed by atoms with E-state index in [9.17, 15) is 0 Å². The highest BCUT2D eigenvalue weighted by molar-refractivity contribution is 7.54. The van der Waals surface area contributed by atoms with Gasteiger partial charge in [0.05, 0.1) is 6.10 Å². The Morgan fingerprint density at radius 1 is 0.789 bits per heavy atom. The molecule has 0 aromatic heterocycles. The van der Waals surface area contributed by atoms with Crippen LogP contribution in [0.25, 0.3) is 0 Å². The molecule has 2 saturated carbocycles. The average Bonchev–Trinajstić information content (AvgIpc) is 2.50. The summed E-state index contributed by atoms with van der Waals surface area (Å²) in [5.74, 6) is 0. The number of hydrogen-bond donors (Lipinski definition) is 0. The largest absolute Gasteiger partial charge is 0.355 e. The van der Waals surface area contributed by atoms with Gasteiger partial charge in [0.1, 0.15) is 0 Å². The van der Waals surface area contributed by atoms with Gasteiger partial charge in [-0.05, 0) is 38.5 Å². The van der Waals surface area contributed by atoms with E-state index in [0.717, 1.165) is 11.3 Å². The van der Waals surface area contributed by atoms with Gasteiger partial charge in [-0.1, -0.05) is 52.4 Å². The zero-order chi connectivity index (χ0) is 13.5. The van der Waals surface area contributed by atoms with Gasteiger partial charge >= 0.3 is 0 Å². The summed E-state index contributed by atoms with van der Waals surface area (Å²) in [6, 6.07) is 0. The van der Waals surface area contributed by atoms with Crippen molar-refractivity contribution in [2.24, 2.45) is 0 Å². The molecule has 0 amide bonds. The first-order valence-corrected chi connectivity index (χ1v) is 10.2. The van der Waals surface area contributed by atoms with E-state index in [1.165, 1.54) is 77.0 Å². The molecule has 19 heavy (non-hydrogen) atoms. The first-order valence-electron chi connectivity index (χ1n) is 8.80. The minimum Gasteiger partial charge on any atom is -0.355 e. The van der Waals surface area contributed by atoms with Crippen molar-refractivity contribution in [3.05, 3.63) is 0 Å². The molecule has 1 nitrogen and oxygen atoms in total. The van der Waals surface area contributed by atoms with Crippen LogP contribution in [0.15, 0.2) is 0 Å². The zero-order valence-electron chi connectivity index (χ0n) is 13.1. The fraction of sp³-hybridized carbons (Fsp3) is 1.00. The van der Waals surface area contributed by atoms with Gasteiger partial charge in [0, 0.05) is 19.5 Å². The minimum atomic E-state index is -0.148. The molecule has 0 N–H and O–H groups in total. The van der Waals surface area contributed by atoms with Crippen LogP contribution in [0.2, 0.25) is 0 Å². The van der Waals surface area contributed by atoms with Crippen molar-refractivity contribution < 1.29 is 4.52 Å². The van der Waals surface area contributed by atoms with Crippen LogP contribution in [0, 0.1) is 0 Å². The summed E-state index contributed by atoms with van der Waals surface area (Å²) in [6.07, 6.45) is 17.6. The minimum absolute atomic E-state index is 0.148. The van der Waals surface area contributed by atoms with E-state index in [0.29, 0.717) is 6.10 Å². The predicted octanol–water partition coefficient (Wildman–Crippen LogP) is 6.25. The molecule has 0 aromatic rings. The van der Waals surface area contributed by atoms with Crippen molar-refractivity contribution >= 4 is 8.15 Å². The maximum absolute atomic E-state index is 6.69. The highest BCUT2D eigenvalue weighted by atomic mass is 31.1. The molecule has 0 radical (unpaired) electrons. The van der Waals surface area contributed by atoms with Gasteiger partial charge in [0.25, 0.3) is 0 Å². The molecule has 0 aromatic carbocycles. The summed E-state index contributed by atoms with van der Waals surface area (Å²) in [7, 11) is -0.148. The topological polar surface area (TPSA) is 9.23 Å². The van der Waals surface area contributed by atoms with Crippen LogP contribution >= 0.6 is 8.15 Å². The van der Waals surface area contributed by atoms with E-state index >= 15 is 0 Å². The van der Waals surface area contributed by atoms with Crippen molar-refractivity contribution in [3.8, 4) is 0 Å². The second kappa shape index (κ2) is 8.63. The SMILES string of the molecule is CCC(CC)OP(C1CCCCC1)C1CCCCC1. The quantitative estimate of drug-likeness (QED) is 0.523. The number of rotatable bonds is 6. The van der Waals surface area contributed by atoms with E-state index in [1.807, 2.05) is 0 Å². The lowest BCUT2D eigenvalue weighted by atomic mass is 10.00. The number of hydrogen-bond acceptors (Lipinski definition) is 1. The Morgan fingerprint density at radius 2 is 1.21 bits per heavy atom. The van der Waals surface area contributed by atoms with Gasteiger partial charge in [-0.3, -0.25) is 0 Å². The van der Waals surface area contributed by atoms with Crippen LogP contribution in [0.4, 0.5) is 0 Å². The summed E-state index contributed by atoms with van der Waals surface area (Å²) in [5.41, 5.74) is 1.87. The molecule has 112 valence electrons. The lowest BCUT2D eigenvalue weighted by molar-refractivity contribution is 0.204. The van der Waals surface area contributed by atoms with Gasteiger partial charge in [0.15, 0.2) is 0 Å². The smallest absolute Gasteiger partial charge is 0.0612 e. The molecular formula is C17H33OP. The fourth-order valence-electron chi connectivity index (χ4n) is 3.75. The first-order chi connectivity index (χ1) is 9.35. The Labute approximate surface area is 121 Å². The van der Waals surface area contributed by atoms with Crippen molar-refractivity contribution in [2.45, 2.75) is 108 Å². The van der Waals surface area contributed by atoms with Gasteiger partial charge in [-0.2, -0.15) is 0 Å². The molecule has 2 aliphatic carbocycles. The van der Waals surface area contributed by atoms with Crippen LogP contribution in [0.3, 0.4) is 0 Å². The molecule has 2 fully saturated rings. The second-order valence-corrected chi connectivity index (χ2v) is 8.88. The molecule has 2 rings (SSSR count). The van der Waals surface area contributed by atoms with Crippen molar-refractivity contribution in [1.82, 2.24) is 0 Å². The molecule has 0 aliphatic heterocycles. The van der Waals surface area contributed by atoms with Gasteiger partial charge in [-0.15, -0.1) is 0 Å². The van der Waals surface area contributed by atoms with Gasteiger partial charge < -0.3 is 4.52 Å². The Balaban J connectivity index is 1.97. The molecule has 0 spiro atoms. The summed E-state index contributed by atoms with van der Waals surface area (Å²) >= 11 is 0. The van der Waals surface area contributed by atoms with E-state index in [2.05, 4.69) is 13.8 Å². The third-order valence-electron chi connectivity index (χ3n) is 5.05. The maximum atomic E-state index is 6.69.